The minimum absolute atomic E-state index is 0.0897. The number of aryl methyl sites for hydroxylation is 2. The second-order valence-corrected chi connectivity index (χ2v) is 10.00. The molecule has 37 heavy (non-hydrogen) atoms. The number of fused-ring (bicyclic) bond motifs is 1. The molecule has 0 amide bonds. The molecule has 10 heteroatoms. The standard InChI is InChI=1S/C27H29F2N7O/c1-4-5-22-16(3)31-26-25(32-22)24(20-9-6-18(28)10-21(20)29)33-27(34-26)35-12-15(2)37-23(14-35)17-11-30-36(13-17)19-7-8-19/h6,9-11,13,15,19,23H,4-5,7-8,12,14H2,1-3H3/t15-,23-/m0/s1. The number of nitrogens with zero attached hydrogens (tertiary/aromatic N) is 7. The van der Waals surface area contributed by atoms with E-state index >= 15 is 0 Å². The summed E-state index contributed by atoms with van der Waals surface area (Å²) in [5.74, 6) is -0.936. The van der Waals surface area contributed by atoms with Crippen LogP contribution in [0, 0.1) is 18.6 Å². The lowest BCUT2D eigenvalue weighted by Gasteiger charge is -2.36. The summed E-state index contributed by atoms with van der Waals surface area (Å²) < 4.78 is 37.0. The van der Waals surface area contributed by atoms with E-state index < -0.39 is 11.6 Å². The molecule has 8 nitrogen and oxygen atoms in total. The first-order valence-corrected chi connectivity index (χ1v) is 12.8. The molecule has 4 heterocycles. The van der Waals surface area contributed by atoms with Crippen molar-refractivity contribution in [3.05, 3.63) is 59.2 Å². The topological polar surface area (TPSA) is 81.9 Å². The molecule has 2 fully saturated rings. The fourth-order valence-corrected chi connectivity index (χ4v) is 4.89. The molecule has 4 aromatic rings. The van der Waals surface area contributed by atoms with Crippen LogP contribution in [0.15, 0.2) is 30.6 Å². The van der Waals surface area contributed by atoms with Crippen LogP contribution >= 0.6 is 0 Å². The van der Waals surface area contributed by atoms with E-state index in [-0.39, 0.29) is 17.8 Å². The molecule has 0 unspecified atom stereocenters. The average molecular weight is 506 g/mol. The van der Waals surface area contributed by atoms with Gasteiger partial charge < -0.3 is 9.64 Å². The van der Waals surface area contributed by atoms with Gasteiger partial charge in [-0.25, -0.2) is 23.7 Å². The summed E-state index contributed by atoms with van der Waals surface area (Å²) >= 11 is 0. The van der Waals surface area contributed by atoms with Gasteiger partial charge in [0.05, 0.1) is 36.3 Å². The zero-order valence-corrected chi connectivity index (χ0v) is 21.2. The maximum absolute atomic E-state index is 15.0. The zero-order chi connectivity index (χ0) is 25.7. The summed E-state index contributed by atoms with van der Waals surface area (Å²) in [5.41, 5.74) is 3.88. The molecular weight excluding hydrogens is 476 g/mol. The van der Waals surface area contributed by atoms with Gasteiger partial charge in [-0.2, -0.15) is 10.1 Å². The Labute approximate surface area is 213 Å². The normalized spacial score (nSPS) is 20.1. The fraction of sp³-hybridized carbons (Fsp3) is 0.444. The van der Waals surface area contributed by atoms with Crippen LogP contribution in [0.1, 0.15) is 62.2 Å². The molecule has 1 aromatic carbocycles. The highest BCUT2D eigenvalue weighted by atomic mass is 19.1. The van der Waals surface area contributed by atoms with Gasteiger partial charge in [0.15, 0.2) is 5.65 Å². The van der Waals surface area contributed by atoms with E-state index in [1.165, 1.54) is 12.1 Å². The Hall–Kier alpha value is -3.53. The van der Waals surface area contributed by atoms with E-state index in [0.717, 1.165) is 48.7 Å². The molecule has 3 aromatic heterocycles. The van der Waals surface area contributed by atoms with Crippen molar-refractivity contribution in [3.63, 3.8) is 0 Å². The molecule has 1 saturated carbocycles. The van der Waals surface area contributed by atoms with Crippen molar-refractivity contribution in [2.45, 2.75) is 64.7 Å². The third-order valence-corrected chi connectivity index (χ3v) is 6.92. The second kappa shape index (κ2) is 9.41. The van der Waals surface area contributed by atoms with Crippen LogP contribution < -0.4 is 4.90 Å². The van der Waals surface area contributed by atoms with Crippen molar-refractivity contribution < 1.29 is 13.5 Å². The Bertz CT molecular complexity index is 1470. The molecule has 1 saturated heterocycles. The summed E-state index contributed by atoms with van der Waals surface area (Å²) in [6.45, 7) is 7.05. The number of halogens is 2. The minimum atomic E-state index is -0.703. The summed E-state index contributed by atoms with van der Waals surface area (Å²) in [7, 11) is 0. The number of morpholine rings is 1. The van der Waals surface area contributed by atoms with Gasteiger partial charge in [0.25, 0.3) is 0 Å². The van der Waals surface area contributed by atoms with Gasteiger partial charge in [0, 0.05) is 29.9 Å². The van der Waals surface area contributed by atoms with Crippen molar-refractivity contribution in [2.24, 2.45) is 0 Å². The van der Waals surface area contributed by atoms with Gasteiger partial charge >= 0.3 is 0 Å². The lowest BCUT2D eigenvalue weighted by atomic mass is 10.1. The monoisotopic (exact) mass is 505 g/mol. The summed E-state index contributed by atoms with van der Waals surface area (Å²) in [5, 5.41) is 4.52. The largest absolute Gasteiger partial charge is 0.367 e. The molecule has 2 atom stereocenters. The van der Waals surface area contributed by atoms with Crippen molar-refractivity contribution in [3.8, 4) is 11.3 Å². The molecular formula is C27H29F2N7O. The first kappa shape index (κ1) is 23.8. The minimum Gasteiger partial charge on any atom is -0.367 e. The van der Waals surface area contributed by atoms with Gasteiger partial charge in [-0.15, -0.1) is 0 Å². The third-order valence-electron chi connectivity index (χ3n) is 6.92. The molecule has 0 bridgehead atoms. The van der Waals surface area contributed by atoms with Crippen molar-refractivity contribution in [1.82, 2.24) is 29.7 Å². The van der Waals surface area contributed by atoms with Crippen LogP contribution in [0.2, 0.25) is 0 Å². The van der Waals surface area contributed by atoms with E-state index in [1.54, 1.807) is 0 Å². The number of aromatic nitrogens is 6. The smallest absolute Gasteiger partial charge is 0.228 e. The first-order valence-electron chi connectivity index (χ1n) is 12.8. The SMILES string of the molecule is CCCc1nc2c(-c3ccc(F)cc3F)nc(N3C[C@@H](c4cnn(C5CC5)c4)O[C@@H](C)C3)nc2nc1C. The third kappa shape index (κ3) is 4.66. The van der Waals surface area contributed by atoms with Gasteiger partial charge in [0.1, 0.15) is 28.9 Å². The summed E-state index contributed by atoms with van der Waals surface area (Å²) in [4.78, 5) is 21.1. The fourth-order valence-electron chi connectivity index (χ4n) is 4.89. The van der Waals surface area contributed by atoms with Crippen LogP contribution in [0.3, 0.4) is 0 Å². The van der Waals surface area contributed by atoms with E-state index in [4.69, 9.17) is 24.7 Å². The van der Waals surface area contributed by atoms with Crippen molar-refractivity contribution in [2.75, 3.05) is 18.0 Å². The molecule has 2 aliphatic rings. The maximum atomic E-state index is 15.0. The van der Waals surface area contributed by atoms with Crippen LogP contribution in [-0.4, -0.2) is 48.9 Å². The Morgan fingerprint density at radius 2 is 1.92 bits per heavy atom. The van der Waals surface area contributed by atoms with Gasteiger partial charge in [-0.3, -0.25) is 4.68 Å². The zero-order valence-electron chi connectivity index (χ0n) is 21.2. The molecule has 0 radical (unpaired) electrons. The lowest BCUT2D eigenvalue weighted by Crippen LogP contribution is -2.43. The molecule has 0 spiro atoms. The predicted molar refractivity (Wildman–Crippen MR) is 135 cm³/mol. The molecule has 1 aliphatic heterocycles. The quantitative estimate of drug-likeness (QED) is 0.360. The highest BCUT2D eigenvalue weighted by Gasteiger charge is 2.32. The Morgan fingerprint density at radius 1 is 1.08 bits per heavy atom. The summed E-state index contributed by atoms with van der Waals surface area (Å²) in [6, 6.07) is 3.98. The number of benzene rings is 1. The van der Waals surface area contributed by atoms with E-state index in [1.807, 2.05) is 29.6 Å². The number of hydrogen-bond donors (Lipinski definition) is 0. The maximum Gasteiger partial charge on any atom is 0.228 e. The van der Waals surface area contributed by atoms with Crippen molar-refractivity contribution >= 4 is 17.1 Å². The highest BCUT2D eigenvalue weighted by molar-refractivity contribution is 5.88. The van der Waals surface area contributed by atoms with Crippen LogP contribution in [0.4, 0.5) is 14.7 Å². The average Bonchev–Trinajstić information content (AvgIpc) is 3.60. The van der Waals surface area contributed by atoms with Crippen LogP contribution in [0.25, 0.3) is 22.4 Å². The van der Waals surface area contributed by atoms with E-state index in [9.17, 15) is 8.78 Å². The van der Waals surface area contributed by atoms with E-state index in [2.05, 4.69) is 18.2 Å². The van der Waals surface area contributed by atoms with Crippen LogP contribution in [0.5, 0.6) is 0 Å². The number of anilines is 1. The molecule has 192 valence electrons. The van der Waals surface area contributed by atoms with Gasteiger partial charge in [0.2, 0.25) is 5.95 Å². The Morgan fingerprint density at radius 3 is 2.68 bits per heavy atom. The first-order chi connectivity index (χ1) is 17.9. The van der Waals surface area contributed by atoms with E-state index in [0.29, 0.717) is 41.9 Å². The summed E-state index contributed by atoms with van der Waals surface area (Å²) in [6.07, 6.45) is 7.57. The lowest BCUT2D eigenvalue weighted by molar-refractivity contribution is -0.0178. The number of hydrogen-bond acceptors (Lipinski definition) is 7. The Kier molecular flexibility index (Phi) is 6.06. The van der Waals surface area contributed by atoms with Crippen LogP contribution in [-0.2, 0) is 11.2 Å². The molecule has 1 aliphatic carbocycles. The Balaban J connectivity index is 1.44. The van der Waals surface area contributed by atoms with Crippen molar-refractivity contribution in [1.29, 1.82) is 0 Å². The predicted octanol–water partition coefficient (Wildman–Crippen LogP) is 5.12. The molecule has 0 N–H and O–H groups in total. The molecule has 6 rings (SSSR count). The van der Waals surface area contributed by atoms with Gasteiger partial charge in [-0.1, -0.05) is 13.3 Å². The number of rotatable bonds is 6. The number of ether oxygens (including phenoxy) is 1. The second-order valence-electron chi connectivity index (χ2n) is 10.00. The highest BCUT2D eigenvalue weighted by Crippen LogP contribution is 2.36. The van der Waals surface area contributed by atoms with Gasteiger partial charge in [-0.05, 0) is 45.2 Å².